The largest absolute Gasteiger partial charge is 0.493 e. The van der Waals surface area contributed by atoms with Crippen LogP contribution in [0.2, 0.25) is 0 Å². The lowest BCUT2D eigenvalue weighted by atomic mass is 9.87. The van der Waals surface area contributed by atoms with Gasteiger partial charge >= 0.3 is 5.91 Å². The lowest BCUT2D eigenvalue weighted by Gasteiger charge is -2.14. The van der Waals surface area contributed by atoms with Gasteiger partial charge in [0.1, 0.15) is 0 Å². The monoisotopic (exact) mass is 302 g/mol. The van der Waals surface area contributed by atoms with Crippen molar-refractivity contribution in [3.8, 4) is 11.5 Å². The molecule has 0 radical (unpaired) electrons. The summed E-state index contributed by atoms with van der Waals surface area (Å²) < 4.78 is 12.7. The summed E-state index contributed by atoms with van der Waals surface area (Å²) in [6.07, 6.45) is 6.36. The Morgan fingerprint density at radius 2 is 2.00 bits per heavy atom. The maximum absolute atomic E-state index is 12.2. The summed E-state index contributed by atoms with van der Waals surface area (Å²) in [4.78, 5) is 12.2. The Balaban J connectivity index is 1.73. The molecule has 1 atom stereocenters. The lowest BCUT2D eigenvalue weighted by molar-refractivity contribution is -0.444. The Kier molecular flexibility index (Phi) is 4.46. The number of methoxy groups -OCH3 is 2. The van der Waals surface area contributed by atoms with E-state index in [0.717, 1.165) is 37.3 Å². The summed E-state index contributed by atoms with van der Waals surface area (Å²) in [7, 11) is 3.29. The number of carbonyl (C=O) groups is 1. The summed E-state index contributed by atoms with van der Waals surface area (Å²) in [5.74, 6) is 2.31. The summed E-state index contributed by atoms with van der Waals surface area (Å²) in [5, 5.41) is 0. The summed E-state index contributed by atoms with van der Waals surface area (Å²) in [6, 6.07) is 5.98. The average Bonchev–Trinajstić information content (AvgIpc) is 2.87. The van der Waals surface area contributed by atoms with E-state index in [0.29, 0.717) is 11.8 Å². The fourth-order valence-corrected chi connectivity index (χ4v) is 3.67. The Bertz CT molecular complexity index is 606. The zero-order valence-corrected chi connectivity index (χ0v) is 13.4. The molecule has 1 aromatic rings. The van der Waals surface area contributed by atoms with Crippen molar-refractivity contribution in [2.75, 3.05) is 20.8 Å². The fourth-order valence-electron chi connectivity index (χ4n) is 3.67. The number of rotatable bonds is 5. The van der Waals surface area contributed by atoms with Crippen LogP contribution in [0.3, 0.4) is 0 Å². The third-order valence-corrected chi connectivity index (χ3v) is 4.85. The van der Waals surface area contributed by atoms with E-state index in [1.165, 1.54) is 30.5 Å². The molecule has 4 nitrogen and oxygen atoms in total. The van der Waals surface area contributed by atoms with Crippen LogP contribution in [0.1, 0.15) is 37.7 Å². The van der Waals surface area contributed by atoms with E-state index in [4.69, 9.17) is 9.47 Å². The predicted molar refractivity (Wildman–Crippen MR) is 85.0 cm³/mol. The third-order valence-electron chi connectivity index (χ3n) is 4.85. The van der Waals surface area contributed by atoms with E-state index in [1.807, 2.05) is 22.8 Å². The predicted octanol–water partition coefficient (Wildman–Crippen LogP) is 2.82. The van der Waals surface area contributed by atoms with Crippen molar-refractivity contribution in [1.29, 1.82) is 0 Å². The van der Waals surface area contributed by atoms with Gasteiger partial charge in [0.25, 0.3) is 0 Å². The first kappa shape index (κ1) is 15.1. The average molecular weight is 302 g/mol. The van der Waals surface area contributed by atoms with Gasteiger partial charge in [0.15, 0.2) is 23.8 Å². The smallest absolute Gasteiger partial charge is 0.387 e. The van der Waals surface area contributed by atoms with E-state index >= 15 is 0 Å². The van der Waals surface area contributed by atoms with Gasteiger partial charge in [0.2, 0.25) is 0 Å². The SMILES string of the molecule is COc1ccc(CC[N+]2=C3CCCCC3CC2=O)cc1OC. The molecule has 1 heterocycles. The van der Waals surface area contributed by atoms with E-state index in [2.05, 4.69) is 0 Å². The molecular formula is C18H24NO3+. The maximum atomic E-state index is 12.2. The third kappa shape index (κ3) is 2.87. The second-order valence-corrected chi connectivity index (χ2v) is 6.12. The Labute approximate surface area is 131 Å². The van der Waals surface area contributed by atoms with Gasteiger partial charge < -0.3 is 9.47 Å². The number of fused-ring (bicyclic) bond motifs is 1. The van der Waals surface area contributed by atoms with Gasteiger partial charge in [-0.15, -0.1) is 0 Å². The first-order chi connectivity index (χ1) is 10.7. The van der Waals surface area contributed by atoms with E-state index in [-0.39, 0.29) is 0 Å². The number of hydrogen-bond acceptors (Lipinski definition) is 3. The van der Waals surface area contributed by atoms with Crippen molar-refractivity contribution in [3.63, 3.8) is 0 Å². The van der Waals surface area contributed by atoms with E-state index in [9.17, 15) is 4.79 Å². The zero-order valence-electron chi connectivity index (χ0n) is 13.4. The minimum absolute atomic E-state index is 0.308. The van der Waals surface area contributed by atoms with Gasteiger partial charge in [-0.1, -0.05) is 12.5 Å². The molecule has 1 aliphatic carbocycles. The standard InChI is InChI=1S/C18H24NO3/c1-21-16-8-7-13(11-17(16)22-2)9-10-19-15-6-4-3-5-14(15)12-18(19)20/h7-8,11,14H,3-6,9-10,12H2,1-2H3/q+1. The summed E-state index contributed by atoms with van der Waals surface area (Å²) in [6.45, 7) is 0.778. The maximum Gasteiger partial charge on any atom is 0.387 e. The molecular weight excluding hydrogens is 278 g/mol. The molecule has 0 N–H and O–H groups in total. The Morgan fingerprint density at radius 3 is 2.77 bits per heavy atom. The Morgan fingerprint density at radius 1 is 1.18 bits per heavy atom. The van der Waals surface area contributed by atoms with Crippen LogP contribution in [0, 0.1) is 5.92 Å². The highest BCUT2D eigenvalue weighted by Crippen LogP contribution is 2.30. The van der Waals surface area contributed by atoms with E-state index < -0.39 is 0 Å². The highest BCUT2D eigenvalue weighted by molar-refractivity contribution is 5.94. The molecule has 1 aromatic carbocycles. The highest BCUT2D eigenvalue weighted by atomic mass is 16.5. The molecule has 1 fully saturated rings. The van der Waals surface area contributed by atoms with Crippen molar-refractivity contribution < 1.29 is 18.8 Å². The Hall–Kier alpha value is -1.84. The van der Waals surface area contributed by atoms with Crippen molar-refractivity contribution in [3.05, 3.63) is 23.8 Å². The van der Waals surface area contributed by atoms with Gasteiger partial charge in [-0.3, -0.25) is 0 Å². The molecule has 2 aliphatic rings. The summed E-state index contributed by atoms with van der Waals surface area (Å²) in [5.41, 5.74) is 2.56. The van der Waals surface area contributed by atoms with Gasteiger partial charge in [-0.2, -0.15) is 4.58 Å². The van der Waals surface area contributed by atoms with Crippen LogP contribution in [0.25, 0.3) is 0 Å². The molecule has 0 saturated heterocycles. The molecule has 0 aromatic heterocycles. The molecule has 22 heavy (non-hydrogen) atoms. The first-order valence-electron chi connectivity index (χ1n) is 8.10. The second kappa shape index (κ2) is 6.51. The molecule has 4 heteroatoms. The number of amides is 1. The number of hydrogen-bond donors (Lipinski definition) is 0. The molecule has 0 spiro atoms. The summed E-state index contributed by atoms with van der Waals surface area (Å²) >= 11 is 0. The number of benzene rings is 1. The van der Waals surface area contributed by atoms with Crippen LogP contribution in [-0.2, 0) is 11.2 Å². The molecule has 1 amide bonds. The second-order valence-electron chi connectivity index (χ2n) is 6.12. The van der Waals surface area contributed by atoms with Gasteiger partial charge in [-0.05, 0) is 30.5 Å². The van der Waals surface area contributed by atoms with Gasteiger partial charge in [-0.25, -0.2) is 4.79 Å². The number of nitrogens with zero attached hydrogens (tertiary/aromatic N) is 1. The van der Waals surface area contributed by atoms with Gasteiger partial charge in [0, 0.05) is 12.8 Å². The van der Waals surface area contributed by atoms with Crippen molar-refractivity contribution >= 4 is 11.6 Å². The molecule has 3 rings (SSSR count). The van der Waals surface area contributed by atoms with Crippen molar-refractivity contribution in [1.82, 2.24) is 0 Å². The minimum atomic E-state index is 0.308. The number of ether oxygens (including phenoxy) is 2. The molecule has 1 aliphatic heterocycles. The van der Waals surface area contributed by atoms with Crippen LogP contribution in [0.4, 0.5) is 0 Å². The van der Waals surface area contributed by atoms with Crippen LogP contribution < -0.4 is 9.47 Å². The van der Waals surface area contributed by atoms with Crippen LogP contribution in [0.15, 0.2) is 18.2 Å². The molecule has 1 saturated carbocycles. The van der Waals surface area contributed by atoms with Crippen LogP contribution in [-0.4, -0.2) is 37.0 Å². The van der Waals surface area contributed by atoms with Crippen molar-refractivity contribution in [2.45, 2.75) is 38.5 Å². The molecule has 118 valence electrons. The van der Waals surface area contributed by atoms with Crippen LogP contribution in [0.5, 0.6) is 11.5 Å². The molecule has 0 bridgehead atoms. The van der Waals surface area contributed by atoms with Gasteiger partial charge in [0.05, 0.1) is 26.6 Å². The minimum Gasteiger partial charge on any atom is -0.493 e. The first-order valence-corrected chi connectivity index (χ1v) is 8.10. The van der Waals surface area contributed by atoms with Crippen LogP contribution >= 0.6 is 0 Å². The normalized spacial score (nSPS) is 21.0. The lowest BCUT2D eigenvalue weighted by Crippen LogP contribution is -2.25. The number of carbonyl (C=O) groups excluding carboxylic acids is 1. The van der Waals surface area contributed by atoms with E-state index in [1.54, 1.807) is 14.2 Å². The van der Waals surface area contributed by atoms with Crippen molar-refractivity contribution in [2.24, 2.45) is 5.92 Å². The fraction of sp³-hybridized carbons (Fsp3) is 0.556. The topological polar surface area (TPSA) is 38.5 Å². The quantitative estimate of drug-likeness (QED) is 0.785. The zero-order chi connectivity index (χ0) is 15.5. The highest BCUT2D eigenvalue weighted by Gasteiger charge is 2.40. The molecule has 1 unspecified atom stereocenters.